The second-order valence-electron chi connectivity index (χ2n) is 16.3. The van der Waals surface area contributed by atoms with Gasteiger partial charge >= 0.3 is 12.0 Å². The molecule has 67 heavy (non-hydrogen) atoms. The van der Waals surface area contributed by atoms with Gasteiger partial charge in [-0.25, -0.2) is 9.59 Å². The molecule has 25 nitrogen and oxygen atoms in total. The Morgan fingerprint density at radius 1 is 0.776 bits per heavy atom. The number of nitro groups is 1. The number of hydrogen-bond donors (Lipinski definition) is 12. The van der Waals surface area contributed by atoms with Crippen LogP contribution in [0.15, 0.2) is 24.3 Å². The highest BCUT2D eigenvalue weighted by Crippen LogP contribution is 2.33. The lowest BCUT2D eigenvalue weighted by molar-refractivity contribution is -0.385. The number of carbonyl (C=O) groups is 10. The number of fused-ring (bicyclic) bond motifs is 1. The zero-order chi connectivity index (χ0) is 49.5. The Morgan fingerprint density at radius 3 is 2.01 bits per heavy atom. The summed E-state index contributed by atoms with van der Waals surface area (Å²) >= 11 is 1.80. The smallest absolute Gasteiger partial charge is 0.326 e. The van der Waals surface area contributed by atoms with Crippen LogP contribution in [-0.2, 0) is 43.2 Å². The number of benzene rings is 1. The topological polar surface area (TPSA) is 380 Å². The standard InChI is InChI=1S/C41H62N12O13S/c1-23(2)15-27(40(62)63)50-39(61)25(10-7-8-14-43-31(54)13-6-5-12-30-38-28(22-67-30)51-41(64)52-38)48-32(55)16-26(24-9-3-4-11-29(24)53(65)66)49-37(60)21-47-36(59)20-46-35(58)19-45-34(57)18-44-33(56)17-42/h3-4,9,11,23,25-28,30,38H,5-8,10,12-22,42H2,1-2H3,(H,43,54)(H,44,56)(H,45,57)(H,46,58)(H,47,59)(H,48,55)(H,49,60)(H,50,61)(H,62,63)(H2,51,52,64)/t25-,26?,27-,28-,30-,38-/m0/s1. The molecule has 2 heterocycles. The fraction of sp³-hybridized carbons (Fsp3) is 0.610. The quantitative estimate of drug-likeness (QED) is 0.0167. The van der Waals surface area contributed by atoms with E-state index >= 15 is 0 Å². The lowest BCUT2D eigenvalue weighted by atomic mass is 10.00. The molecule has 2 fully saturated rings. The molecule has 2 aliphatic rings. The predicted octanol–water partition coefficient (Wildman–Crippen LogP) is -2.32. The highest BCUT2D eigenvalue weighted by molar-refractivity contribution is 8.00. The van der Waals surface area contributed by atoms with E-state index in [1.807, 2.05) is 0 Å². The third kappa shape index (κ3) is 20.2. The van der Waals surface area contributed by atoms with Crippen molar-refractivity contribution in [3.05, 3.63) is 39.9 Å². The molecule has 0 bridgehead atoms. The summed E-state index contributed by atoms with van der Waals surface area (Å²) in [6.07, 6.45) is 2.79. The molecule has 6 atom stereocenters. The number of rotatable bonds is 30. The minimum Gasteiger partial charge on any atom is -0.480 e. The number of para-hydroxylation sites is 1. The number of thioether (sulfide) groups is 1. The number of urea groups is 1. The van der Waals surface area contributed by atoms with Gasteiger partial charge in [0.15, 0.2) is 0 Å². The Hall–Kier alpha value is -6.57. The van der Waals surface area contributed by atoms with Crippen LogP contribution in [0.1, 0.15) is 83.2 Å². The number of nitrogens with zero attached hydrogens (tertiary/aromatic N) is 1. The normalized spacial score (nSPS) is 17.3. The van der Waals surface area contributed by atoms with Crippen LogP contribution in [0.25, 0.3) is 0 Å². The van der Waals surface area contributed by atoms with Gasteiger partial charge in [0.05, 0.1) is 67.8 Å². The van der Waals surface area contributed by atoms with Crippen LogP contribution < -0.4 is 58.9 Å². The maximum absolute atomic E-state index is 13.7. The van der Waals surface area contributed by atoms with Gasteiger partial charge in [0.1, 0.15) is 12.1 Å². The second-order valence-corrected chi connectivity index (χ2v) is 17.6. The molecular weight excluding hydrogens is 901 g/mol. The summed E-state index contributed by atoms with van der Waals surface area (Å²) < 4.78 is 0. The van der Waals surface area contributed by atoms with E-state index in [2.05, 4.69) is 53.2 Å². The van der Waals surface area contributed by atoms with Crippen LogP contribution >= 0.6 is 11.8 Å². The molecule has 370 valence electrons. The summed E-state index contributed by atoms with van der Waals surface area (Å²) in [7, 11) is 0. The summed E-state index contributed by atoms with van der Waals surface area (Å²) in [5.41, 5.74) is 4.61. The van der Waals surface area contributed by atoms with Gasteiger partial charge in [0.25, 0.3) is 5.69 Å². The van der Waals surface area contributed by atoms with Crippen LogP contribution in [0.5, 0.6) is 0 Å². The van der Waals surface area contributed by atoms with Gasteiger partial charge in [-0.3, -0.25) is 48.5 Å². The largest absolute Gasteiger partial charge is 0.480 e. The molecule has 1 aromatic carbocycles. The van der Waals surface area contributed by atoms with Crippen LogP contribution in [0.2, 0.25) is 0 Å². The van der Waals surface area contributed by atoms with E-state index in [1.54, 1.807) is 25.6 Å². The van der Waals surface area contributed by atoms with Gasteiger partial charge in [-0.1, -0.05) is 38.5 Å². The van der Waals surface area contributed by atoms with Crippen LogP contribution in [0.3, 0.4) is 0 Å². The lowest BCUT2D eigenvalue weighted by Crippen LogP contribution is -2.52. The number of unbranched alkanes of at least 4 members (excludes halogenated alkanes) is 2. The van der Waals surface area contributed by atoms with E-state index in [0.717, 1.165) is 24.7 Å². The molecule has 0 saturated carbocycles. The third-order valence-corrected chi connectivity index (χ3v) is 12.0. The number of amides is 10. The minimum atomic E-state index is -1.37. The zero-order valence-corrected chi connectivity index (χ0v) is 38.3. The van der Waals surface area contributed by atoms with Crippen molar-refractivity contribution in [2.24, 2.45) is 11.7 Å². The molecule has 26 heteroatoms. The Kier molecular flexibility index (Phi) is 23.3. The van der Waals surface area contributed by atoms with Gasteiger partial charge in [0.2, 0.25) is 47.3 Å². The number of hydrogen-bond acceptors (Lipinski definition) is 14. The number of carbonyl (C=O) groups excluding carboxylic acids is 9. The summed E-state index contributed by atoms with van der Waals surface area (Å²) in [5, 5.41) is 47.2. The minimum absolute atomic E-state index is 0.0124. The number of nitrogens with two attached hydrogens (primary N) is 1. The summed E-state index contributed by atoms with van der Waals surface area (Å²) in [6, 6.07) is 1.41. The Balaban J connectivity index is 1.57. The van der Waals surface area contributed by atoms with E-state index in [1.165, 1.54) is 18.2 Å². The maximum atomic E-state index is 13.7. The molecule has 3 rings (SSSR count). The molecule has 0 radical (unpaired) electrons. The van der Waals surface area contributed by atoms with Crippen molar-refractivity contribution in [2.75, 3.05) is 45.0 Å². The summed E-state index contributed by atoms with van der Waals surface area (Å²) in [5.74, 6) is -6.12. The van der Waals surface area contributed by atoms with Gasteiger partial charge in [-0.15, -0.1) is 0 Å². The van der Waals surface area contributed by atoms with Crippen molar-refractivity contribution in [1.29, 1.82) is 0 Å². The summed E-state index contributed by atoms with van der Waals surface area (Å²) in [6.45, 7) is 1.20. The first-order valence-electron chi connectivity index (χ1n) is 21.9. The first-order valence-corrected chi connectivity index (χ1v) is 23.0. The molecule has 2 aliphatic heterocycles. The Bertz CT molecular complexity index is 1960. The molecule has 0 spiro atoms. The zero-order valence-electron chi connectivity index (χ0n) is 37.4. The summed E-state index contributed by atoms with van der Waals surface area (Å²) in [4.78, 5) is 135. The van der Waals surface area contributed by atoms with Gasteiger partial charge in [-0.2, -0.15) is 11.8 Å². The van der Waals surface area contributed by atoms with Crippen molar-refractivity contribution in [1.82, 2.24) is 53.2 Å². The fourth-order valence-electron chi connectivity index (χ4n) is 7.14. The van der Waals surface area contributed by atoms with Crippen molar-refractivity contribution < 1.29 is 58.0 Å². The van der Waals surface area contributed by atoms with Crippen molar-refractivity contribution in [3.63, 3.8) is 0 Å². The number of nitrogens with one attached hydrogen (secondary N) is 10. The fourth-order valence-corrected chi connectivity index (χ4v) is 8.69. The van der Waals surface area contributed by atoms with Crippen LogP contribution in [-0.4, -0.2) is 144 Å². The average Bonchev–Trinajstić information content (AvgIpc) is 3.84. The molecule has 10 amide bonds. The van der Waals surface area contributed by atoms with E-state index in [0.29, 0.717) is 25.7 Å². The molecule has 0 aliphatic carbocycles. The van der Waals surface area contributed by atoms with E-state index in [-0.39, 0.29) is 66.7 Å². The Morgan fingerprint density at radius 2 is 1.40 bits per heavy atom. The Labute approximate surface area is 390 Å². The number of carboxylic acids is 1. The molecule has 2 saturated heterocycles. The van der Waals surface area contributed by atoms with Crippen molar-refractivity contribution in [3.8, 4) is 0 Å². The SMILES string of the molecule is CC(C)C[C@H](NC(=O)[C@H](CCCCNC(=O)CCCC[C@@H]1SC[C@@H]2NC(=O)N[C@@H]21)NC(=O)CC(NC(=O)CNC(=O)CNC(=O)CNC(=O)CNC(=O)CN)c1ccccc1[N+](=O)[O-])C(=O)O. The first kappa shape index (κ1) is 54.8. The van der Waals surface area contributed by atoms with Crippen LogP contribution in [0.4, 0.5) is 10.5 Å². The molecule has 0 aromatic heterocycles. The van der Waals surface area contributed by atoms with Crippen molar-refractivity contribution >= 4 is 76.7 Å². The molecule has 1 unspecified atom stereocenters. The first-order chi connectivity index (χ1) is 31.9. The lowest BCUT2D eigenvalue weighted by Gasteiger charge is -2.24. The highest BCUT2D eigenvalue weighted by atomic mass is 32.2. The molecule has 13 N–H and O–H groups in total. The number of carboxylic acid groups (broad SMARTS) is 1. The number of aliphatic carboxylic acids is 1. The second kappa shape index (κ2) is 28.5. The van der Waals surface area contributed by atoms with Gasteiger partial charge in [0, 0.05) is 30.0 Å². The van der Waals surface area contributed by atoms with Gasteiger partial charge in [-0.05, 0) is 44.4 Å². The monoisotopic (exact) mass is 962 g/mol. The maximum Gasteiger partial charge on any atom is 0.326 e. The van der Waals surface area contributed by atoms with Crippen molar-refractivity contribution in [2.45, 2.75) is 107 Å². The van der Waals surface area contributed by atoms with E-state index < -0.39 is 109 Å². The highest BCUT2D eigenvalue weighted by Gasteiger charge is 2.42. The third-order valence-electron chi connectivity index (χ3n) is 10.5. The molecular formula is C41H62N12O13S. The average molecular weight is 963 g/mol. The number of nitro benzene ring substituents is 1. The van der Waals surface area contributed by atoms with E-state index in [9.17, 15) is 63.2 Å². The van der Waals surface area contributed by atoms with Crippen LogP contribution in [0, 0.1) is 16.0 Å². The van der Waals surface area contributed by atoms with Gasteiger partial charge < -0.3 is 64.0 Å². The van der Waals surface area contributed by atoms with E-state index in [4.69, 9.17) is 5.73 Å². The molecule has 1 aromatic rings. The predicted molar refractivity (Wildman–Crippen MR) is 241 cm³/mol.